The van der Waals surface area contributed by atoms with Crippen molar-refractivity contribution >= 4 is 6.03 Å². The molecular weight excluding hydrogens is 268 g/mol. The van der Waals surface area contributed by atoms with Gasteiger partial charge in [-0.25, -0.2) is 4.79 Å². The van der Waals surface area contributed by atoms with Crippen LogP contribution in [-0.2, 0) is 6.54 Å². The van der Waals surface area contributed by atoms with Crippen molar-refractivity contribution in [2.24, 2.45) is 0 Å². The Labute approximate surface area is 124 Å². The van der Waals surface area contributed by atoms with Crippen molar-refractivity contribution in [1.82, 2.24) is 20.8 Å². The molecule has 116 valence electrons. The summed E-state index contributed by atoms with van der Waals surface area (Å²) >= 11 is 0. The highest BCUT2D eigenvalue weighted by Gasteiger charge is 2.29. The summed E-state index contributed by atoms with van der Waals surface area (Å²) in [6.07, 6.45) is 7.25. The molecule has 0 radical (unpaired) electrons. The van der Waals surface area contributed by atoms with E-state index in [1.807, 2.05) is 6.07 Å². The van der Waals surface area contributed by atoms with Gasteiger partial charge in [0.15, 0.2) is 0 Å². The lowest BCUT2D eigenvalue weighted by Crippen LogP contribution is -2.47. The van der Waals surface area contributed by atoms with Gasteiger partial charge < -0.3 is 15.7 Å². The number of carbonyl (C=O) groups is 1. The zero-order valence-corrected chi connectivity index (χ0v) is 12.3. The third-order valence-corrected chi connectivity index (χ3v) is 4.45. The van der Waals surface area contributed by atoms with E-state index >= 15 is 0 Å². The van der Waals surface area contributed by atoms with Crippen LogP contribution < -0.4 is 10.6 Å². The average molecular weight is 292 g/mol. The van der Waals surface area contributed by atoms with Crippen molar-refractivity contribution in [2.45, 2.75) is 63.0 Å². The number of aliphatic hydroxyl groups is 1. The van der Waals surface area contributed by atoms with Crippen LogP contribution in [0.5, 0.6) is 0 Å². The quantitative estimate of drug-likeness (QED) is 0.667. The summed E-state index contributed by atoms with van der Waals surface area (Å²) in [4.78, 5) is 11.8. The molecule has 0 aliphatic heterocycles. The van der Waals surface area contributed by atoms with Crippen LogP contribution >= 0.6 is 0 Å². The molecule has 2 saturated carbocycles. The number of rotatable bonds is 5. The number of aromatic amines is 1. The van der Waals surface area contributed by atoms with Crippen LogP contribution in [0.4, 0.5) is 4.79 Å². The molecule has 0 bridgehead atoms. The monoisotopic (exact) mass is 292 g/mol. The first-order valence-electron chi connectivity index (χ1n) is 7.93. The van der Waals surface area contributed by atoms with Crippen LogP contribution in [0.25, 0.3) is 0 Å². The number of hydrogen-bond donors (Lipinski definition) is 4. The standard InChI is InChI=1S/C15H24N4O2/c20-14(17-10-15(21)6-2-1-3-7-15)16-9-12-8-13(19-18-12)11-4-5-11/h8,11,21H,1-7,9-10H2,(H,18,19)(H2,16,17,20). The molecule has 1 heterocycles. The number of carbonyl (C=O) groups excluding carboxylic acids is 1. The molecule has 0 atom stereocenters. The lowest BCUT2D eigenvalue weighted by atomic mass is 9.85. The summed E-state index contributed by atoms with van der Waals surface area (Å²) in [6.45, 7) is 0.763. The first kappa shape index (κ1) is 14.4. The second kappa shape index (κ2) is 6.05. The maximum Gasteiger partial charge on any atom is 0.315 e. The lowest BCUT2D eigenvalue weighted by molar-refractivity contribution is 0.00719. The molecule has 1 aromatic rings. The fourth-order valence-corrected chi connectivity index (χ4v) is 2.93. The molecule has 0 spiro atoms. The molecule has 1 aromatic heterocycles. The van der Waals surface area contributed by atoms with Gasteiger partial charge in [0, 0.05) is 12.5 Å². The van der Waals surface area contributed by atoms with Gasteiger partial charge in [-0.3, -0.25) is 5.10 Å². The molecule has 4 N–H and O–H groups in total. The Morgan fingerprint density at radius 2 is 2.10 bits per heavy atom. The minimum Gasteiger partial charge on any atom is -0.388 e. The molecular formula is C15H24N4O2. The zero-order chi connectivity index (χ0) is 14.7. The van der Waals surface area contributed by atoms with Gasteiger partial charge in [0.05, 0.1) is 23.5 Å². The second-order valence-corrected chi connectivity index (χ2v) is 6.41. The Kier molecular flexibility index (Phi) is 4.14. The minimum absolute atomic E-state index is 0.239. The van der Waals surface area contributed by atoms with Crippen molar-refractivity contribution < 1.29 is 9.90 Å². The van der Waals surface area contributed by atoms with Gasteiger partial charge in [-0.1, -0.05) is 19.3 Å². The normalized spacial score (nSPS) is 21.0. The molecule has 6 heteroatoms. The number of nitrogens with one attached hydrogen (secondary N) is 3. The number of aromatic nitrogens is 2. The van der Waals surface area contributed by atoms with Crippen LogP contribution in [0.1, 0.15) is 62.3 Å². The first-order chi connectivity index (χ1) is 10.1. The van der Waals surface area contributed by atoms with Crippen LogP contribution in [0, 0.1) is 0 Å². The van der Waals surface area contributed by atoms with E-state index in [1.165, 1.54) is 19.3 Å². The minimum atomic E-state index is -0.720. The molecule has 2 amide bonds. The van der Waals surface area contributed by atoms with Gasteiger partial charge in [-0.05, 0) is 31.7 Å². The average Bonchev–Trinajstić information content (AvgIpc) is 3.23. The van der Waals surface area contributed by atoms with E-state index in [1.54, 1.807) is 0 Å². The van der Waals surface area contributed by atoms with E-state index in [2.05, 4.69) is 20.8 Å². The van der Waals surface area contributed by atoms with E-state index in [4.69, 9.17) is 0 Å². The fraction of sp³-hybridized carbons (Fsp3) is 0.733. The Morgan fingerprint density at radius 3 is 2.81 bits per heavy atom. The first-order valence-corrected chi connectivity index (χ1v) is 7.93. The topological polar surface area (TPSA) is 90.0 Å². The van der Waals surface area contributed by atoms with Gasteiger partial charge in [-0.2, -0.15) is 5.10 Å². The van der Waals surface area contributed by atoms with Gasteiger partial charge >= 0.3 is 6.03 Å². The molecule has 2 aliphatic rings. The van der Waals surface area contributed by atoms with Crippen LogP contribution in [0.15, 0.2) is 6.07 Å². The second-order valence-electron chi connectivity index (χ2n) is 6.41. The molecule has 0 unspecified atom stereocenters. The smallest absolute Gasteiger partial charge is 0.315 e. The van der Waals surface area contributed by atoms with Crippen molar-refractivity contribution in [1.29, 1.82) is 0 Å². The highest BCUT2D eigenvalue weighted by Crippen LogP contribution is 2.38. The molecule has 2 aliphatic carbocycles. The Bertz CT molecular complexity index is 490. The summed E-state index contributed by atoms with van der Waals surface area (Å²) < 4.78 is 0. The van der Waals surface area contributed by atoms with Crippen LogP contribution in [0.3, 0.4) is 0 Å². The Hall–Kier alpha value is -1.56. The van der Waals surface area contributed by atoms with E-state index in [9.17, 15) is 9.90 Å². The van der Waals surface area contributed by atoms with Crippen LogP contribution in [-0.4, -0.2) is 33.5 Å². The Morgan fingerprint density at radius 1 is 1.33 bits per heavy atom. The van der Waals surface area contributed by atoms with Crippen LogP contribution in [0.2, 0.25) is 0 Å². The highest BCUT2D eigenvalue weighted by atomic mass is 16.3. The Balaban J connectivity index is 1.39. The largest absolute Gasteiger partial charge is 0.388 e. The number of hydrogen-bond acceptors (Lipinski definition) is 3. The maximum absolute atomic E-state index is 11.8. The lowest BCUT2D eigenvalue weighted by Gasteiger charge is -2.32. The summed E-state index contributed by atoms with van der Waals surface area (Å²) in [5.74, 6) is 0.615. The van der Waals surface area contributed by atoms with E-state index in [-0.39, 0.29) is 6.03 Å². The van der Waals surface area contributed by atoms with Crippen molar-refractivity contribution in [2.75, 3.05) is 6.54 Å². The molecule has 21 heavy (non-hydrogen) atoms. The van der Waals surface area contributed by atoms with E-state index < -0.39 is 5.60 Å². The van der Waals surface area contributed by atoms with Gasteiger partial charge in [-0.15, -0.1) is 0 Å². The van der Waals surface area contributed by atoms with Crippen molar-refractivity contribution in [3.8, 4) is 0 Å². The maximum atomic E-state index is 11.8. The molecule has 0 saturated heterocycles. The molecule has 0 aromatic carbocycles. The summed E-state index contributed by atoms with van der Waals surface area (Å²) in [7, 11) is 0. The number of nitrogens with zero attached hydrogens (tertiary/aromatic N) is 1. The number of H-pyrrole nitrogens is 1. The predicted octanol–water partition coefficient (Wildman–Crippen LogP) is 1.78. The molecule has 6 nitrogen and oxygen atoms in total. The van der Waals surface area contributed by atoms with Crippen molar-refractivity contribution in [3.63, 3.8) is 0 Å². The van der Waals surface area contributed by atoms with E-state index in [0.29, 0.717) is 19.0 Å². The fourth-order valence-electron chi connectivity index (χ4n) is 2.93. The SMILES string of the molecule is O=C(NCc1cc(C2CC2)n[nH]1)NCC1(O)CCCCC1. The number of urea groups is 1. The predicted molar refractivity (Wildman–Crippen MR) is 78.8 cm³/mol. The molecule has 3 rings (SSSR count). The number of amides is 2. The summed E-state index contributed by atoms with van der Waals surface area (Å²) in [5, 5.41) is 23.1. The van der Waals surface area contributed by atoms with E-state index in [0.717, 1.165) is 37.1 Å². The third-order valence-electron chi connectivity index (χ3n) is 4.45. The van der Waals surface area contributed by atoms with Gasteiger partial charge in [0.1, 0.15) is 0 Å². The summed E-state index contributed by atoms with van der Waals surface area (Å²) in [6, 6.07) is 1.78. The molecule has 2 fully saturated rings. The summed E-state index contributed by atoms with van der Waals surface area (Å²) in [5.41, 5.74) is 1.30. The third kappa shape index (κ3) is 3.97. The zero-order valence-electron chi connectivity index (χ0n) is 12.3. The van der Waals surface area contributed by atoms with Crippen molar-refractivity contribution in [3.05, 3.63) is 17.5 Å². The van der Waals surface area contributed by atoms with Gasteiger partial charge in [0.25, 0.3) is 0 Å². The highest BCUT2D eigenvalue weighted by molar-refractivity contribution is 5.73. The van der Waals surface area contributed by atoms with Gasteiger partial charge in [0.2, 0.25) is 0 Å².